The number of benzene rings is 2. The fraction of sp³-hybridized carbons (Fsp3) is 0.238. The van der Waals surface area contributed by atoms with E-state index in [2.05, 4.69) is 0 Å². The summed E-state index contributed by atoms with van der Waals surface area (Å²) >= 11 is 0. The SMILES string of the molecule is C/C=C(\C(=O)OC)c1ccc(COc2ccccc2C(C)=O)cc1C. The lowest BCUT2D eigenvalue weighted by Crippen LogP contribution is -2.06. The first-order valence-electron chi connectivity index (χ1n) is 8.05. The van der Waals surface area contributed by atoms with E-state index in [0.29, 0.717) is 23.5 Å². The maximum atomic E-state index is 11.8. The third-order valence-corrected chi connectivity index (χ3v) is 3.94. The lowest BCUT2D eigenvalue weighted by atomic mass is 9.98. The highest BCUT2D eigenvalue weighted by atomic mass is 16.5. The van der Waals surface area contributed by atoms with E-state index in [0.717, 1.165) is 16.7 Å². The van der Waals surface area contributed by atoms with Gasteiger partial charge in [0.15, 0.2) is 5.78 Å². The van der Waals surface area contributed by atoms with Crippen molar-refractivity contribution in [2.24, 2.45) is 0 Å². The second-order valence-electron chi connectivity index (χ2n) is 5.68. The normalized spacial score (nSPS) is 11.1. The standard InChI is InChI=1S/C21H22O4/c1-5-17(21(23)24-4)18-11-10-16(12-14(18)2)13-25-20-9-7-6-8-19(20)15(3)22/h5-12H,13H2,1-4H3/b17-5-. The topological polar surface area (TPSA) is 52.6 Å². The van der Waals surface area contributed by atoms with Crippen LogP contribution in [-0.4, -0.2) is 18.9 Å². The number of carbonyl (C=O) groups excluding carboxylic acids is 2. The molecule has 0 radical (unpaired) electrons. The molecule has 0 aliphatic rings. The Kier molecular flexibility index (Phi) is 6.12. The number of carbonyl (C=O) groups is 2. The van der Waals surface area contributed by atoms with E-state index in [1.165, 1.54) is 14.0 Å². The predicted molar refractivity (Wildman–Crippen MR) is 97.6 cm³/mol. The molecule has 0 amide bonds. The predicted octanol–water partition coefficient (Wildman–Crippen LogP) is 4.35. The van der Waals surface area contributed by atoms with Gasteiger partial charge in [0.05, 0.1) is 18.2 Å². The first-order chi connectivity index (χ1) is 12.0. The molecule has 0 saturated heterocycles. The van der Waals surface area contributed by atoms with Gasteiger partial charge in [-0.05, 0) is 49.6 Å². The van der Waals surface area contributed by atoms with Gasteiger partial charge >= 0.3 is 5.97 Å². The Morgan fingerprint density at radius 1 is 1.08 bits per heavy atom. The Hall–Kier alpha value is -2.88. The van der Waals surface area contributed by atoms with Crippen molar-refractivity contribution in [2.45, 2.75) is 27.4 Å². The zero-order chi connectivity index (χ0) is 18.4. The molecule has 0 bridgehead atoms. The monoisotopic (exact) mass is 338 g/mol. The van der Waals surface area contributed by atoms with Crippen molar-refractivity contribution in [3.8, 4) is 5.75 Å². The molecule has 0 unspecified atom stereocenters. The Balaban J connectivity index is 2.19. The molecule has 0 aromatic heterocycles. The summed E-state index contributed by atoms with van der Waals surface area (Å²) in [5, 5.41) is 0. The van der Waals surface area contributed by atoms with Crippen LogP contribution in [0.5, 0.6) is 5.75 Å². The number of ketones is 1. The summed E-state index contributed by atoms with van der Waals surface area (Å²) in [7, 11) is 1.37. The molecule has 2 aromatic carbocycles. The molecule has 2 aromatic rings. The van der Waals surface area contributed by atoms with Crippen LogP contribution in [0.4, 0.5) is 0 Å². The third-order valence-electron chi connectivity index (χ3n) is 3.94. The van der Waals surface area contributed by atoms with Crippen molar-refractivity contribution in [1.82, 2.24) is 0 Å². The summed E-state index contributed by atoms with van der Waals surface area (Å²) in [6.45, 7) is 5.61. The number of methoxy groups -OCH3 is 1. The molecule has 0 spiro atoms. The van der Waals surface area contributed by atoms with Gasteiger partial charge in [-0.25, -0.2) is 4.79 Å². The Morgan fingerprint density at radius 3 is 2.40 bits per heavy atom. The van der Waals surface area contributed by atoms with Crippen molar-refractivity contribution >= 4 is 17.3 Å². The zero-order valence-electron chi connectivity index (χ0n) is 15.0. The molecule has 4 heteroatoms. The van der Waals surface area contributed by atoms with Gasteiger partial charge < -0.3 is 9.47 Å². The molecule has 0 fully saturated rings. The molecule has 0 saturated carbocycles. The summed E-state index contributed by atoms with van der Waals surface area (Å²) in [6.07, 6.45) is 1.74. The number of para-hydroxylation sites is 1. The van der Waals surface area contributed by atoms with Gasteiger partial charge in [-0.15, -0.1) is 0 Å². The Morgan fingerprint density at radius 2 is 1.80 bits per heavy atom. The third kappa shape index (κ3) is 4.35. The number of esters is 1. The van der Waals surface area contributed by atoms with Crippen molar-refractivity contribution < 1.29 is 19.1 Å². The fourth-order valence-electron chi connectivity index (χ4n) is 2.66. The molecule has 0 aliphatic carbocycles. The second-order valence-corrected chi connectivity index (χ2v) is 5.68. The first kappa shape index (κ1) is 18.5. The number of Topliss-reactive ketones (excluding diaryl/α,β-unsaturated/α-hetero) is 1. The molecule has 0 N–H and O–H groups in total. The van der Waals surface area contributed by atoms with Gasteiger partial charge in [-0.2, -0.15) is 0 Å². The molecule has 0 atom stereocenters. The molecule has 0 heterocycles. The van der Waals surface area contributed by atoms with E-state index >= 15 is 0 Å². The van der Waals surface area contributed by atoms with E-state index in [4.69, 9.17) is 9.47 Å². The Labute approximate surface area is 148 Å². The molecule has 130 valence electrons. The fourth-order valence-corrected chi connectivity index (χ4v) is 2.66. The van der Waals surface area contributed by atoms with E-state index in [1.807, 2.05) is 37.3 Å². The van der Waals surface area contributed by atoms with Crippen molar-refractivity contribution in [3.63, 3.8) is 0 Å². The zero-order valence-corrected chi connectivity index (χ0v) is 15.0. The highest BCUT2D eigenvalue weighted by Crippen LogP contribution is 2.23. The van der Waals surface area contributed by atoms with Gasteiger partial charge in [-0.1, -0.05) is 36.4 Å². The molecular weight excluding hydrogens is 316 g/mol. The average molecular weight is 338 g/mol. The molecule has 4 nitrogen and oxygen atoms in total. The van der Waals surface area contributed by atoms with Crippen LogP contribution in [0.25, 0.3) is 5.57 Å². The highest BCUT2D eigenvalue weighted by molar-refractivity contribution is 6.16. The molecule has 2 rings (SSSR count). The Bertz CT molecular complexity index is 818. The lowest BCUT2D eigenvalue weighted by molar-refractivity contribution is -0.133. The second kappa shape index (κ2) is 8.29. The van der Waals surface area contributed by atoms with Crippen LogP contribution in [0.2, 0.25) is 0 Å². The first-order valence-corrected chi connectivity index (χ1v) is 8.05. The summed E-state index contributed by atoms with van der Waals surface area (Å²) < 4.78 is 10.6. The van der Waals surface area contributed by atoms with Crippen LogP contribution in [0.15, 0.2) is 48.5 Å². The molecule has 0 aliphatic heterocycles. The van der Waals surface area contributed by atoms with Crippen LogP contribution in [0.3, 0.4) is 0 Å². The molecule has 25 heavy (non-hydrogen) atoms. The summed E-state index contributed by atoms with van der Waals surface area (Å²) in [4.78, 5) is 23.5. The van der Waals surface area contributed by atoms with Crippen molar-refractivity contribution in [2.75, 3.05) is 7.11 Å². The number of rotatable bonds is 6. The van der Waals surface area contributed by atoms with Gasteiger partial charge in [0, 0.05) is 0 Å². The lowest BCUT2D eigenvalue weighted by Gasteiger charge is -2.13. The minimum absolute atomic E-state index is 0.0297. The maximum absolute atomic E-state index is 11.8. The van der Waals surface area contributed by atoms with E-state index in [1.54, 1.807) is 25.1 Å². The van der Waals surface area contributed by atoms with Gasteiger partial charge in [0.25, 0.3) is 0 Å². The van der Waals surface area contributed by atoms with E-state index < -0.39 is 0 Å². The minimum atomic E-state index is -0.356. The van der Waals surface area contributed by atoms with Crippen LogP contribution in [0.1, 0.15) is 40.9 Å². The van der Waals surface area contributed by atoms with Crippen LogP contribution >= 0.6 is 0 Å². The maximum Gasteiger partial charge on any atom is 0.338 e. The van der Waals surface area contributed by atoms with Crippen LogP contribution < -0.4 is 4.74 Å². The minimum Gasteiger partial charge on any atom is -0.488 e. The summed E-state index contributed by atoms with van der Waals surface area (Å²) in [5.74, 6) is 0.184. The highest BCUT2D eigenvalue weighted by Gasteiger charge is 2.14. The largest absolute Gasteiger partial charge is 0.488 e. The van der Waals surface area contributed by atoms with E-state index in [9.17, 15) is 9.59 Å². The smallest absolute Gasteiger partial charge is 0.338 e. The number of aryl methyl sites for hydroxylation is 1. The van der Waals surface area contributed by atoms with Gasteiger partial charge in [-0.3, -0.25) is 4.79 Å². The summed E-state index contributed by atoms with van der Waals surface area (Å²) in [6, 6.07) is 13.0. The average Bonchev–Trinajstić information content (AvgIpc) is 2.62. The van der Waals surface area contributed by atoms with Crippen molar-refractivity contribution in [3.05, 3.63) is 70.8 Å². The number of hydrogen-bond donors (Lipinski definition) is 0. The number of hydrogen-bond acceptors (Lipinski definition) is 4. The van der Waals surface area contributed by atoms with Crippen LogP contribution in [-0.2, 0) is 16.1 Å². The van der Waals surface area contributed by atoms with Gasteiger partial charge in [0.1, 0.15) is 12.4 Å². The van der Waals surface area contributed by atoms with E-state index in [-0.39, 0.29) is 11.8 Å². The summed E-state index contributed by atoms with van der Waals surface area (Å²) in [5.41, 5.74) is 3.86. The van der Waals surface area contributed by atoms with Crippen molar-refractivity contribution in [1.29, 1.82) is 0 Å². The number of ether oxygens (including phenoxy) is 2. The van der Waals surface area contributed by atoms with Gasteiger partial charge in [0.2, 0.25) is 0 Å². The number of allylic oxidation sites excluding steroid dienone is 1. The van der Waals surface area contributed by atoms with Crippen LogP contribution in [0, 0.1) is 6.92 Å². The molecular formula is C21H22O4. The quantitative estimate of drug-likeness (QED) is 0.446.